The normalized spacial score (nSPS) is 28.1. The summed E-state index contributed by atoms with van der Waals surface area (Å²) in [4.78, 5) is 13.8. The number of nitrogens with zero attached hydrogens (tertiary/aromatic N) is 1. The number of aliphatic carboxylic acids is 1. The Morgan fingerprint density at radius 2 is 1.58 bits per heavy atom. The van der Waals surface area contributed by atoms with Gasteiger partial charge in [0, 0.05) is 18.1 Å². The third-order valence-corrected chi connectivity index (χ3v) is 10.4. The monoisotopic (exact) mass is 609 g/mol. The lowest BCUT2D eigenvalue weighted by Crippen LogP contribution is -2.48. The average Bonchev–Trinajstić information content (AvgIpc) is 3.74. The van der Waals surface area contributed by atoms with Crippen LogP contribution in [0.25, 0.3) is 0 Å². The minimum absolute atomic E-state index is 0.0404. The molecular formula is C33H37F6NO3. The number of carboxylic acids is 1. The zero-order valence-electron chi connectivity index (χ0n) is 24.2. The Kier molecular flexibility index (Phi) is 7.75. The maximum absolute atomic E-state index is 13.9. The molecule has 43 heavy (non-hydrogen) atoms. The van der Waals surface area contributed by atoms with E-state index in [4.69, 9.17) is 4.74 Å². The van der Waals surface area contributed by atoms with Crippen molar-refractivity contribution in [1.82, 2.24) is 4.90 Å². The molecule has 2 bridgehead atoms. The number of hydrogen-bond donors (Lipinski definition) is 1. The number of benzene rings is 2. The van der Waals surface area contributed by atoms with E-state index in [9.17, 15) is 36.2 Å². The third kappa shape index (κ3) is 5.88. The highest BCUT2D eigenvalue weighted by Gasteiger charge is 2.48. The molecule has 1 N–H and O–H groups in total. The fraction of sp³-hybridized carbons (Fsp3) is 0.606. The van der Waals surface area contributed by atoms with Crippen LogP contribution in [0.4, 0.5) is 26.3 Å². The van der Waals surface area contributed by atoms with Crippen LogP contribution >= 0.6 is 0 Å². The molecule has 10 heteroatoms. The zero-order chi connectivity index (χ0) is 30.8. The van der Waals surface area contributed by atoms with Gasteiger partial charge in [0.2, 0.25) is 0 Å². The second-order valence-electron chi connectivity index (χ2n) is 13.1. The Balaban J connectivity index is 1.20. The summed E-state index contributed by atoms with van der Waals surface area (Å²) in [5.74, 6) is -0.0404. The summed E-state index contributed by atoms with van der Waals surface area (Å²) in [6, 6.07) is 6.96. The van der Waals surface area contributed by atoms with Gasteiger partial charge >= 0.3 is 18.3 Å². The topological polar surface area (TPSA) is 49.8 Å². The van der Waals surface area contributed by atoms with Crippen LogP contribution in [0.5, 0.6) is 5.75 Å². The van der Waals surface area contributed by atoms with Crippen LogP contribution in [-0.2, 0) is 23.6 Å². The molecule has 0 radical (unpaired) electrons. The van der Waals surface area contributed by atoms with Crippen LogP contribution < -0.4 is 4.74 Å². The SMILES string of the molecule is C[C@H](C(=O)O)C(c1ccc2c(c1)OC(C1CC3CCC(C1)N3[C@H](C)c1cc(C(F)(F)F)ccc1C(F)(F)F)CC2)C1CC1. The van der Waals surface area contributed by atoms with Crippen molar-refractivity contribution in [3.8, 4) is 5.75 Å². The van der Waals surface area contributed by atoms with Gasteiger partial charge in [-0.25, -0.2) is 0 Å². The summed E-state index contributed by atoms with van der Waals surface area (Å²) in [7, 11) is 0. The maximum atomic E-state index is 13.9. The smallest absolute Gasteiger partial charge is 0.416 e. The summed E-state index contributed by atoms with van der Waals surface area (Å²) in [6.45, 7) is 3.36. The van der Waals surface area contributed by atoms with Crippen LogP contribution in [0.2, 0.25) is 0 Å². The van der Waals surface area contributed by atoms with Crippen LogP contribution in [0, 0.1) is 17.8 Å². The second-order valence-corrected chi connectivity index (χ2v) is 13.1. The van der Waals surface area contributed by atoms with Gasteiger partial charge in [0.05, 0.1) is 17.0 Å². The van der Waals surface area contributed by atoms with Gasteiger partial charge in [0.1, 0.15) is 11.9 Å². The molecule has 4 nitrogen and oxygen atoms in total. The molecule has 6 rings (SSSR count). The quantitative estimate of drug-likeness (QED) is 0.320. The molecule has 0 aromatic heterocycles. The van der Waals surface area contributed by atoms with Crippen molar-refractivity contribution >= 4 is 5.97 Å². The molecule has 3 heterocycles. The number of aryl methyl sites for hydroxylation is 1. The zero-order valence-corrected chi connectivity index (χ0v) is 24.2. The number of hydrogen-bond acceptors (Lipinski definition) is 3. The highest BCUT2D eigenvalue weighted by Crippen LogP contribution is 2.50. The highest BCUT2D eigenvalue weighted by atomic mass is 19.4. The van der Waals surface area contributed by atoms with Crippen LogP contribution in [0.3, 0.4) is 0 Å². The van der Waals surface area contributed by atoms with Crippen molar-refractivity contribution in [2.24, 2.45) is 17.8 Å². The first-order valence-corrected chi connectivity index (χ1v) is 15.3. The van der Waals surface area contributed by atoms with Crippen molar-refractivity contribution in [2.75, 3.05) is 0 Å². The molecule has 234 valence electrons. The fourth-order valence-corrected chi connectivity index (χ4v) is 8.22. The molecule has 3 fully saturated rings. The lowest BCUT2D eigenvalue weighted by Gasteiger charge is -2.45. The number of alkyl halides is 6. The van der Waals surface area contributed by atoms with Gasteiger partial charge in [0.25, 0.3) is 0 Å². The Labute approximate surface area is 247 Å². The van der Waals surface area contributed by atoms with Crippen molar-refractivity contribution in [3.05, 3.63) is 64.2 Å². The summed E-state index contributed by atoms with van der Waals surface area (Å²) < 4.78 is 88.7. The van der Waals surface area contributed by atoms with Crippen molar-refractivity contribution < 1.29 is 41.0 Å². The van der Waals surface area contributed by atoms with Crippen LogP contribution in [0.15, 0.2) is 36.4 Å². The van der Waals surface area contributed by atoms with Gasteiger partial charge in [-0.3, -0.25) is 9.69 Å². The predicted octanol–water partition coefficient (Wildman–Crippen LogP) is 8.64. The van der Waals surface area contributed by atoms with E-state index in [1.54, 1.807) is 13.8 Å². The lowest BCUT2D eigenvalue weighted by atomic mass is 9.80. The number of halogens is 6. The third-order valence-electron chi connectivity index (χ3n) is 10.4. The molecule has 2 aromatic carbocycles. The van der Waals surface area contributed by atoms with Gasteiger partial charge < -0.3 is 9.84 Å². The van der Waals surface area contributed by atoms with E-state index in [0.717, 1.165) is 55.4 Å². The Morgan fingerprint density at radius 1 is 0.907 bits per heavy atom. The number of ether oxygens (including phenoxy) is 1. The number of carboxylic acid groups (broad SMARTS) is 1. The van der Waals surface area contributed by atoms with Gasteiger partial charge in [-0.2, -0.15) is 26.3 Å². The molecule has 1 aliphatic carbocycles. The van der Waals surface area contributed by atoms with Crippen molar-refractivity contribution in [3.63, 3.8) is 0 Å². The van der Waals surface area contributed by atoms with Crippen molar-refractivity contribution in [1.29, 1.82) is 0 Å². The number of fused-ring (bicyclic) bond motifs is 3. The number of rotatable bonds is 7. The van der Waals surface area contributed by atoms with E-state index in [-0.39, 0.29) is 35.6 Å². The van der Waals surface area contributed by atoms with Gasteiger partial charge in [-0.1, -0.05) is 19.1 Å². The standard InChI is InChI=1S/C33H37F6NO3/c1-17(31(41)42)30(20-4-5-20)21-6-3-19-7-12-28(43-29(19)15-21)22-13-24-9-10-25(14-22)40(24)18(2)26-16-23(32(34,35)36)8-11-27(26)33(37,38)39/h3,6,8,11,15-18,20,22,24-25,28,30H,4-5,7,9-10,12-14H2,1-2H3,(H,41,42)/t17-,18+,22?,24?,25?,28?,30?/m0/s1. The predicted molar refractivity (Wildman–Crippen MR) is 148 cm³/mol. The van der Waals surface area contributed by atoms with E-state index in [1.807, 2.05) is 23.1 Å². The first kappa shape index (κ1) is 30.3. The molecular weight excluding hydrogens is 572 g/mol. The molecule has 0 spiro atoms. The Hall–Kier alpha value is -2.75. The van der Waals surface area contributed by atoms with Crippen LogP contribution in [-0.4, -0.2) is 34.2 Å². The maximum Gasteiger partial charge on any atom is 0.416 e. The first-order valence-electron chi connectivity index (χ1n) is 15.3. The fourth-order valence-electron chi connectivity index (χ4n) is 8.22. The molecule has 4 unspecified atom stereocenters. The molecule has 1 saturated carbocycles. The van der Waals surface area contributed by atoms with E-state index in [0.29, 0.717) is 37.0 Å². The minimum Gasteiger partial charge on any atom is -0.490 e. The highest BCUT2D eigenvalue weighted by molar-refractivity contribution is 5.71. The largest absolute Gasteiger partial charge is 0.490 e. The molecule has 3 aliphatic heterocycles. The summed E-state index contributed by atoms with van der Waals surface area (Å²) in [5, 5.41) is 9.69. The molecule has 2 aromatic rings. The lowest BCUT2D eigenvalue weighted by molar-refractivity contribution is -0.142. The molecule has 4 aliphatic rings. The van der Waals surface area contributed by atoms with E-state index >= 15 is 0 Å². The average molecular weight is 610 g/mol. The minimum atomic E-state index is -4.76. The molecule has 0 amide bonds. The van der Waals surface area contributed by atoms with Gasteiger partial charge in [-0.05, 0) is 117 Å². The second kappa shape index (κ2) is 11.0. The van der Waals surface area contributed by atoms with E-state index in [1.165, 1.54) is 0 Å². The van der Waals surface area contributed by atoms with Gasteiger partial charge in [0.15, 0.2) is 0 Å². The number of piperidine rings is 1. The summed E-state index contributed by atoms with van der Waals surface area (Å²) in [5.41, 5.74) is -0.328. The summed E-state index contributed by atoms with van der Waals surface area (Å²) >= 11 is 0. The Morgan fingerprint density at radius 3 is 2.16 bits per heavy atom. The molecule has 2 saturated heterocycles. The van der Waals surface area contributed by atoms with E-state index in [2.05, 4.69) is 0 Å². The van der Waals surface area contributed by atoms with Crippen molar-refractivity contribution in [2.45, 2.75) is 108 Å². The molecule has 6 atom stereocenters. The van der Waals surface area contributed by atoms with E-state index < -0.39 is 41.4 Å². The van der Waals surface area contributed by atoms with Crippen LogP contribution in [0.1, 0.15) is 98.6 Å². The first-order chi connectivity index (χ1) is 20.2. The van der Waals surface area contributed by atoms with Gasteiger partial charge in [-0.15, -0.1) is 0 Å². The summed E-state index contributed by atoms with van der Waals surface area (Å²) in [6.07, 6.45) is -2.88. The Bertz CT molecular complexity index is 1360. The number of carbonyl (C=O) groups is 1.